The molecular weight excluding hydrogens is 338 g/mol. The molecule has 144 valence electrons. The lowest BCUT2D eigenvalue weighted by Gasteiger charge is -2.33. The molecule has 27 heavy (non-hydrogen) atoms. The minimum Gasteiger partial charge on any atom is -0.489 e. The molecule has 0 aliphatic carbocycles. The first kappa shape index (κ1) is 19.3. The third-order valence-electron chi connectivity index (χ3n) is 4.72. The standard InChI is InChI=1S/C23H29NO3/c1-23(2,3)27-22(25)24-14-12-19(13-15-24)20-10-7-11-21(16-20)26-17-18-8-5-4-6-9-18/h4-11,16,19H,12-15,17H2,1-3H3. The van der Waals surface area contributed by atoms with Gasteiger partial charge < -0.3 is 14.4 Å². The van der Waals surface area contributed by atoms with Gasteiger partial charge in [0.25, 0.3) is 0 Å². The van der Waals surface area contributed by atoms with Gasteiger partial charge in [0.05, 0.1) is 0 Å². The Bertz CT molecular complexity index is 744. The van der Waals surface area contributed by atoms with E-state index in [1.807, 2.05) is 49.9 Å². The molecule has 4 heteroatoms. The predicted molar refractivity (Wildman–Crippen MR) is 107 cm³/mol. The Hall–Kier alpha value is -2.49. The van der Waals surface area contributed by atoms with Crippen molar-refractivity contribution in [1.82, 2.24) is 4.90 Å². The summed E-state index contributed by atoms with van der Waals surface area (Å²) in [6.07, 6.45) is 1.68. The van der Waals surface area contributed by atoms with Crippen molar-refractivity contribution >= 4 is 6.09 Å². The highest BCUT2D eigenvalue weighted by Gasteiger charge is 2.27. The molecule has 1 heterocycles. The lowest BCUT2D eigenvalue weighted by molar-refractivity contribution is 0.0205. The average Bonchev–Trinajstić information content (AvgIpc) is 2.66. The van der Waals surface area contributed by atoms with Gasteiger partial charge in [0.15, 0.2) is 0 Å². The van der Waals surface area contributed by atoms with E-state index >= 15 is 0 Å². The molecule has 0 bridgehead atoms. The molecule has 1 aliphatic rings. The van der Waals surface area contributed by atoms with Crippen molar-refractivity contribution in [3.8, 4) is 5.75 Å². The van der Waals surface area contributed by atoms with Gasteiger partial charge in [0.2, 0.25) is 0 Å². The summed E-state index contributed by atoms with van der Waals surface area (Å²) in [6.45, 7) is 7.74. The van der Waals surface area contributed by atoms with Crippen molar-refractivity contribution in [3.63, 3.8) is 0 Å². The largest absolute Gasteiger partial charge is 0.489 e. The van der Waals surface area contributed by atoms with Crippen LogP contribution >= 0.6 is 0 Å². The molecule has 0 aromatic heterocycles. The Balaban J connectivity index is 1.54. The summed E-state index contributed by atoms with van der Waals surface area (Å²) in [4.78, 5) is 14.0. The molecule has 1 aliphatic heterocycles. The third-order valence-corrected chi connectivity index (χ3v) is 4.72. The fraction of sp³-hybridized carbons (Fsp3) is 0.435. The lowest BCUT2D eigenvalue weighted by atomic mass is 9.89. The van der Waals surface area contributed by atoms with Crippen LogP contribution in [0.2, 0.25) is 0 Å². The quantitative estimate of drug-likeness (QED) is 0.728. The molecule has 0 spiro atoms. The van der Waals surface area contributed by atoms with E-state index in [-0.39, 0.29) is 6.09 Å². The number of hydrogen-bond acceptors (Lipinski definition) is 3. The van der Waals surface area contributed by atoms with E-state index < -0.39 is 5.60 Å². The Morgan fingerprint density at radius 1 is 1.04 bits per heavy atom. The number of amides is 1. The Labute approximate surface area is 162 Å². The van der Waals surface area contributed by atoms with Crippen molar-refractivity contribution in [2.24, 2.45) is 0 Å². The van der Waals surface area contributed by atoms with Crippen molar-refractivity contribution < 1.29 is 14.3 Å². The van der Waals surface area contributed by atoms with Gasteiger partial charge in [-0.2, -0.15) is 0 Å². The van der Waals surface area contributed by atoms with Crippen molar-refractivity contribution in [2.45, 2.75) is 51.7 Å². The zero-order valence-electron chi connectivity index (χ0n) is 16.5. The highest BCUT2D eigenvalue weighted by atomic mass is 16.6. The zero-order valence-corrected chi connectivity index (χ0v) is 16.5. The van der Waals surface area contributed by atoms with Crippen LogP contribution in [0.15, 0.2) is 54.6 Å². The number of carbonyl (C=O) groups excluding carboxylic acids is 1. The smallest absolute Gasteiger partial charge is 0.410 e. The monoisotopic (exact) mass is 367 g/mol. The molecule has 2 aromatic rings. The number of ether oxygens (including phenoxy) is 2. The maximum Gasteiger partial charge on any atom is 0.410 e. The van der Waals surface area contributed by atoms with Gasteiger partial charge >= 0.3 is 6.09 Å². The van der Waals surface area contributed by atoms with Gasteiger partial charge in [0.1, 0.15) is 18.0 Å². The highest BCUT2D eigenvalue weighted by molar-refractivity contribution is 5.68. The molecule has 1 saturated heterocycles. The molecule has 0 N–H and O–H groups in total. The first-order valence-corrected chi connectivity index (χ1v) is 9.65. The van der Waals surface area contributed by atoms with E-state index in [9.17, 15) is 4.79 Å². The average molecular weight is 367 g/mol. The first-order valence-electron chi connectivity index (χ1n) is 9.65. The van der Waals surface area contributed by atoms with Crippen molar-refractivity contribution in [2.75, 3.05) is 13.1 Å². The zero-order chi connectivity index (χ0) is 19.3. The summed E-state index contributed by atoms with van der Waals surface area (Å²) >= 11 is 0. The summed E-state index contributed by atoms with van der Waals surface area (Å²) in [6, 6.07) is 18.5. The normalized spacial score (nSPS) is 15.4. The van der Waals surface area contributed by atoms with Crippen LogP contribution in [-0.4, -0.2) is 29.7 Å². The van der Waals surface area contributed by atoms with Crippen LogP contribution in [0.5, 0.6) is 5.75 Å². The Morgan fingerprint density at radius 2 is 1.74 bits per heavy atom. The summed E-state index contributed by atoms with van der Waals surface area (Å²) in [5, 5.41) is 0. The van der Waals surface area contributed by atoms with Crippen LogP contribution in [0.4, 0.5) is 4.79 Å². The number of hydrogen-bond donors (Lipinski definition) is 0. The van der Waals surface area contributed by atoms with Crippen LogP contribution in [0.1, 0.15) is 50.7 Å². The highest BCUT2D eigenvalue weighted by Crippen LogP contribution is 2.31. The van der Waals surface area contributed by atoms with E-state index in [1.165, 1.54) is 5.56 Å². The van der Waals surface area contributed by atoms with E-state index in [0.29, 0.717) is 12.5 Å². The van der Waals surface area contributed by atoms with Crippen LogP contribution in [0.25, 0.3) is 0 Å². The summed E-state index contributed by atoms with van der Waals surface area (Å²) in [7, 11) is 0. The van der Waals surface area contributed by atoms with Gasteiger partial charge in [0, 0.05) is 13.1 Å². The first-order chi connectivity index (χ1) is 12.9. The van der Waals surface area contributed by atoms with Gasteiger partial charge in [-0.3, -0.25) is 0 Å². The van der Waals surface area contributed by atoms with E-state index in [1.54, 1.807) is 0 Å². The van der Waals surface area contributed by atoms with Crippen LogP contribution in [-0.2, 0) is 11.3 Å². The van der Waals surface area contributed by atoms with Gasteiger partial charge in [-0.15, -0.1) is 0 Å². The Kier molecular flexibility index (Phi) is 6.04. The number of rotatable bonds is 4. The molecule has 0 atom stereocenters. The number of carbonyl (C=O) groups is 1. The SMILES string of the molecule is CC(C)(C)OC(=O)N1CCC(c2cccc(OCc3ccccc3)c2)CC1. The lowest BCUT2D eigenvalue weighted by Crippen LogP contribution is -2.41. The third kappa shape index (κ3) is 5.75. The van der Waals surface area contributed by atoms with Crippen LogP contribution in [0.3, 0.4) is 0 Å². The van der Waals surface area contributed by atoms with E-state index in [0.717, 1.165) is 37.2 Å². The summed E-state index contributed by atoms with van der Waals surface area (Å²) in [5.74, 6) is 1.34. The van der Waals surface area contributed by atoms with E-state index in [2.05, 4.69) is 30.3 Å². The van der Waals surface area contributed by atoms with Crippen LogP contribution in [0, 0.1) is 0 Å². The molecule has 3 rings (SSSR count). The molecule has 1 fully saturated rings. The Morgan fingerprint density at radius 3 is 2.41 bits per heavy atom. The molecular formula is C23H29NO3. The molecule has 1 amide bonds. The predicted octanol–water partition coefficient (Wildman–Crippen LogP) is 5.38. The fourth-order valence-corrected chi connectivity index (χ4v) is 3.32. The van der Waals surface area contributed by atoms with Crippen LogP contribution < -0.4 is 4.74 Å². The van der Waals surface area contributed by atoms with Gasteiger partial charge in [-0.25, -0.2) is 4.79 Å². The van der Waals surface area contributed by atoms with Crippen molar-refractivity contribution in [3.05, 3.63) is 65.7 Å². The second-order valence-corrected chi connectivity index (χ2v) is 8.09. The molecule has 2 aromatic carbocycles. The molecule has 4 nitrogen and oxygen atoms in total. The number of benzene rings is 2. The number of likely N-dealkylation sites (tertiary alicyclic amines) is 1. The second kappa shape index (κ2) is 8.47. The second-order valence-electron chi connectivity index (χ2n) is 8.09. The minimum atomic E-state index is -0.446. The summed E-state index contributed by atoms with van der Waals surface area (Å²) < 4.78 is 11.4. The minimum absolute atomic E-state index is 0.208. The topological polar surface area (TPSA) is 38.8 Å². The molecule has 0 unspecified atom stereocenters. The number of nitrogens with zero attached hydrogens (tertiary/aromatic N) is 1. The van der Waals surface area contributed by atoms with Gasteiger partial charge in [-0.1, -0.05) is 42.5 Å². The fourth-order valence-electron chi connectivity index (χ4n) is 3.32. The maximum absolute atomic E-state index is 12.2. The van der Waals surface area contributed by atoms with E-state index in [4.69, 9.17) is 9.47 Å². The summed E-state index contributed by atoms with van der Waals surface area (Å²) in [5.41, 5.74) is 2.00. The van der Waals surface area contributed by atoms with Gasteiger partial charge in [-0.05, 0) is 62.8 Å². The molecule has 0 radical (unpaired) electrons. The maximum atomic E-state index is 12.2. The van der Waals surface area contributed by atoms with Crippen molar-refractivity contribution in [1.29, 1.82) is 0 Å². The number of piperidine rings is 1. The molecule has 0 saturated carbocycles.